The highest BCUT2D eigenvalue weighted by Gasteiger charge is 2.16. The van der Waals surface area contributed by atoms with Crippen LogP contribution in [0.2, 0.25) is 0 Å². The summed E-state index contributed by atoms with van der Waals surface area (Å²) in [6, 6.07) is 11.8. The van der Waals surface area contributed by atoms with Gasteiger partial charge in [-0.1, -0.05) is 61.5 Å². The molecule has 1 fully saturated rings. The zero-order valence-electron chi connectivity index (χ0n) is 15.9. The van der Waals surface area contributed by atoms with Crippen molar-refractivity contribution in [3.63, 3.8) is 0 Å². The van der Waals surface area contributed by atoms with Gasteiger partial charge in [-0.2, -0.15) is 4.98 Å². The normalized spacial score (nSPS) is 14.9. The van der Waals surface area contributed by atoms with Crippen LogP contribution in [0.1, 0.15) is 56.4 Å². The van der Waals surface area contributed by atoms with Gasteiger partial charge >= 0.3 is 0 Å². The van der Waals surface area contributed by atoms with E-state index in [4.69, 9.17) is 4.52 Å². The molecule has 6 heteroatoms. The molecule has 0 bridgehead atoms. The summed E-state index contributed by atoms with van der Waals surface area (Å²) in [7, 11) is 0. The molecule has 1 N–H and O–H groups in total. The number of nitrogens with zero attached hydrogens (tertiary/aromatic N) is 2. The van der Waals surface area contributed by atoms with Crippen molar-refractivity contribution in [2.24, 2.45) is 5.92 Å². The van der Waals surface area contributed by atoms with Gasteiger partial charge in [-0.25, -0.2) is 0 Å². The summed E-state index contributed by atoms with van der Waals surface area (Å²) >= 11 is 1.58. The second-order valence-corrected chi connectivity index (χ2v) is 8.36. The number of anilines is 1. The molecule has 1 aliphatic carbocycles. The van der Waals surface area contributed by atoms with Gasteiger partial charge < -0.3 is 9.84 Å². The van der Waals surface area contributed by atoms with Crippen LogP contribution in [-0.2, 0) is 11.2 Å². The van der Waals surface area contributed by atoms with Crippen LogP contribution in [0.5, 0.6) is 0 Å². The van der Waals surface area contributed by atoms with Crippen LogP contribution in [0.4, 0.5) is 5.69 Å². The van der Waals surface area contributed by atoms with E-state index in [2.05, 4.69) is 15.5 Å². The van der Waals surface area contributed by atoms with Gasteiger partial charge in [-0.3, -0.25) is 4.79 Å². The van der Waals surface area contributed by atoms with Gasteiger partial charge in [0.15, 0.2) is 0 Å². The molecule has 1 saturated carbocycles. The number of hydrogen-bond acceptors (Lipinski definition) is 5. The molecule has 0 atom stereocenters. The molecular weight excluding hydrogens is 370 g/mol. The van der Waals surface area contributed by atoms with E-state index in [1.807, 2.05) is 41.8 Å². The van der Waals surface area contributed by atoms with E-state index in [1.165, 1.54) is 32.1 Å². The van der Waals surface area contributed by atoms with Crippen molar-refractivity contribution in [1.29, 1.82) is 0 Å². The molecule has 2 heterocycles. The Kier molecular flexibility index (Phi) is 6.17. The lowest BCUT2D eigenvalue weighted by Gasteiger charge is -2.21. The first-order valence-corrected chi connectivity index (χ1v) is 10.9. The molecular formula is C22H25N3O2S. The summed E-state index contributed by atoms with van der Waals surface area (Å²) in [6.07, 6.45) is 8.59. The van der Waals surface area contributed by atoms with Gasteiger partial charge in [0.2, 0.25) is 17.6 Å². The van der Waals surface area contributed by atoms with Crippen molar-refractivity contribution < 1.29 is 9.32 Å². The maximum Gasteiger partial charge on any atom is 0.231 e. The average Bonchev–Trinajstić information content (AvgIpc) is 3.41. The highest BCUT2D eigenvalue weighted by atomic mass is 32.1. The van der Waals surface area contributed by atoms with E-state index >= 15 is 0 Å². The van der Waals surface area contributed by atoms with E-state index in [0.29, 0.717) is 30.5 Å². The van der Waals surface area contributed by atoms with Gasteiger partial charge in [0.1, 0.15) is 0 Å². The van der Waals surface area contributed by atoms with Crippen molar-refractivity contribution in [3.05, 3.63) is 53.2 Å². The smallest absolute Gasteiger partial charge is 0.231 e. The Bertz CT molecular complexity index is 898. The van der Waals surface area contributed by atoms with E-state index in [1.54, 1.807) is 11.3 Å². The Hall–Kier alpha value is -2.47. The number of para-hydroxylation sites is 1. The number of carbonyl (C=O) groups is 1. The lowest BCUT2D eigenvalue weighted by atomic mass is 9.86. The minimum absolute atomic E-state index is 0.0860. The molecule has 0 saturated heterocycles. The zero-order chi connectivity index (χ0) is 19.2. The van der Waals surface area contributed by atoms with Gasteiger partial charge in [0, 0.05) is 12.1 Å². The Balaban J connectivity index is 1.37. The molecule has 5 nitrogen and oxygen atoms in total. The fourth-order valence-electron chi connectivity index (χ4n) is 3.82. The second-order valence-electron chi connectivity index (χ2n) is 7.41. The number of benzene rings is 1. The van der Waals surface area contributed by atoms with Crippen molar-refractivity contribution in [2.45, 2.75) is 51.4 Å². The summed E-state index contributed by atoms with van der Waals surface area (Å²) in [5, 5.41) is 9.13. The molecule has 0 unspecified atom stereocenters. The molecule has 0 radical (unpaired) electrons. The largest absolute Gasteiger partial charge is 0.339 e. The summed E-state index contributed by atoms with van der Waals surface area (Å²) in [6.45, 7) is 0. The lowest BCUT2D eigenvalue weighted by Crippen LogP contribution is -2.15. The Morgan fingerprint density at radius 2 is 2.00 bits per heavy atom. The predicted octanol–water partition coefficient (Wildman–Crippen LogP) is 5.69. The lowest BCUT2D eigenvalue weighted by molar-refractivity contribution is -0.116. The monoisotopic (exact) mass is 395 g/mol. The van der Waals surface area contributed by atoms with Crippen molar-refractivity contribution >= 4 is 22.9 Å². The quantitative estimate of drug-likeness (QED) is 0.558. The van der Waals surface area contributed by atoms with Crippen LogP contribution in [-0.4, -0.2) is 16.0 Å². The number of carbonyl (C=O) groups excluding carboxylic acids is 1. The van der Waals surface area contributed by atoms with Crippen molar-refractivity contribution in [1.82, 2.24) is 10.1 Å². The Labute approximate surface area is 169 Å². The zero-order valence-corrected chi connectivity index (χ0v) is 16.7. The van der Waals surface area contributed by atoms with Gasteiger partial charge in [-0.15, -0.1) is 11.3 Å². The van der Waals surface area contributed by atoms with E-state index < -0.39 is 0 Å². The SMILES string of the molecule is O=C(CCC1CCCCC1)Nc1ccccc1Cc1nc(-c2cccs2)no1. The average molecular weight is 396 g/mol. The van der Waals surface area contributed by atoms with E-state index in [-0.39, 0.29) is 5.91 Å². The fourth-order valence-corrected chi connectivity index (χ4v) is 4.46. The highest BCUT2D eigenvalue weighted by molar-refractivity contribution is 7.13. The number of hydrogen-bond donors (Lipinski definition) is 1. The third-order valence-electron chi connectivity index (χ3n) is 5.35. The summed E-state index contributed by atoms with van der Waals surface area (Å²) < 4.78 is 5.41. The molecule has 1 aliphatic rings. The number of nitrogens with one attached hydrogen (secondary N) is 1. The van der Waals surface area contributed by atoms with Crippen LogP contribution in [0.25, 0.3) is 10.7 Å². The van der Waals surface area contributed by atoms with Gasteiger partial charge in [0.25, 0.3) is 0 Å². The number of rotatable bonds is 7. The molecule has 2 aromatic heterocycles. The predicted molar refractivity (Wildman–Crippen MR) is 111 cm³/mol. The minimum Gasteiger partial charge on any atom is -0.339 e. The maximum atomic E-state index is 12.5. The first kappa shape index (κ1) is 18.9. The summed E-state index contributed by atoms with van der Waals surface area (Å²) in [5.41, 5.74) is 1.81. The molecule has 1 amide bonds. The van der Waals surface area contributed by atoms with Crippen molar-refractivity contribution in [3.8, 4) is 10.7 Å². The van der Waals surface area contributed by atoms with Gasteiger partial charge in [0.05, 0.1) is 11.3 Å². The topological polar surface area (TPSA) is 68.0 Å². The fraction of sp³-hybridized carbons (Fsp3) is 0.409. The first-order chi connectivity index (χ1) is 13.8. The number of aromatic nitrogens is 2. The molecule has 3 aromatic rings. The molecule has 1 aromatic carbocycles. The Morgan fingerprint density at radius 3 is 2.82 bits per heavy atom. The third-order valence-corrected chi connectivity index (χ3v) is 6.21. The van der Waals surface area contributed by atoms with E-state index in [0.717, 1.165) is 22.5 Å². The minimum atomic E-state index is 0.0860. The molecule has 0 aliphatic heterocycles. The third kappa shape index (κ3) is 4.87. The van der Waals surface area contributed by atoms with Crippen LogP contribution in [0, 0.1) is 5.92 Å². The maximum absolute atomic E-state index is 12.5. The molecule has 146 valence electrons. The highest BCUT2D eigenvalue weighted by Crippen LogP contribution is 2.28. The van der Waals surface area contributed by atoms with Crippen molar-refractivity contribution in [2.75, 3.05) is 5.32 Å². The van der Waals surface area contributed by atoms with Crippen LogP contribution >= 0.6 is 11.3 Å². The second kappa shape index (κ2) is 9.15. The Morgan fingerprint density at radius 1 is 1.14 bits per heavy atom. The van der Waals surface area contributed by atoms with Crippen LogP contribution in [0.15, 0.2) is 46.3 Å². The first-order valence-electron chi connectivity index (χ1n) is 10.0. The number of amides is 1. The summed E-state index contributed by atoms with van der Waals surface area (Å²) in [4.78, 5) is 17.9. The molecule has 28 heavy (non-hydrogen) atoms. The standard InChI is InChI=1S/C22H25N3O2S/c26-20(13-12-16-7-2-1-3-8-16)23-18-10-5-4-9-17(18)15-21-24-22(25-27-21)19-11-6-14-28-19/h4-6,9-11,14,16H,1-3,7-8,12-13,15H2,(H,23,26). The van der Waals surface area contributed by atoms with Crippen LogP contribution in [0.3, 0.4) is 0 Å². The van der Waals surface area contributed by atoms with E-state index in [9.17, 15) is 4.79 Å². The van der Waals surface area contributed by atoms with Crippen LogP contribution < -0.4 is 5.32 Å². The van der Waals surface area contributed by atoms with Gasteiger partial charge in [-0.05, 0) is 35.4 Å². The summed E-state index contributed by atoms with van der Waals surface area (Å²) in [5.74, 6) is 1.96. The molecule has 4 rings (SSSR count). The number of thiophene rings is 1. The molecule has 0 spiro atoms.